The summed E-state index contributed by atoms with van der Waals surface area (Å²) < 4.78 is 15.9. The zero-order valence-electron chi connectivity index (χ0n) is 16.7. The van der Waals surface area contributed by atoms with Crippen molar-refractivity contribution >= 4 is 11.8 Å². The van der Waals surface area contributed by atoms with Gasteiger partial charge in [0.15, 0.2) is 0 Å². The van der Waals surface area contributed by atoms with Crippen molar-refractivity contribution in [1.29, 1.82) is 0 Å². The molecule has 1 aromatic heterocycles. The smallest absolute Gasteiger partial charge is 0.259 e. The molecule has 154 valence electrons. The van der Waals surface area contributed by atoms with Crippen LogP contribution < -0.4 is 9.47 Å². The Morgan fingerprint density at radius 1 is 1.29 bits per heavy atom. The van der Waals surface area contributed by atoms with Crippen LogP contribution in [0.2, 0.25) is 0 Å². The molecule has 28 heavy (non-hydrogen) atoms. The number of amides is 2. The second-order valence-electron chi connectivity index (χ2n) is 7.09. The SMILES string of the molecule is COc1ccc(C(=O)N(CCCN2CCCC2=O)C2CCOCC2)c(OC)n1. The van der Waals surface area contributed by atoms with Crippen LogP contribution in [0, 0.1) is 0 Å². The van der Waals surface area contributed by atoms with E-state index in [4.69, 9.17) is 14.2 Å². The highest BCUT2D eigenvalue weighted by atomic mass is 16.5. The number of likely N-dealkylation sites (tertiary alicyclic amines) is 1. The normalized spacial score (nSPS) is 17.6. The maximum atomic E-state index is 13.4. The third kappa shape index (κ3) is 4.73. The molecule has 2 amide bonds. The van der Waals surface area contributed by atoms with Crippen LogP contribution in [0.4, 0.5) is 0 Å². The lowest BCUT2D eigenvalue weighted by atomic mass is 10.0. The zero-order valence-corrected chi connectivity index (χ0v) is 16.7. The van der Waals surface area contributed by atoms with E-state index in [1.807, 2.05) is 9.80 Å². The van der Waals surface area contributed by atoms with Gasteiger partial charge in [0, 0.05) is 51.4 Å². The number of ether oxygens (including phenoxy) is 3. The fraction of sp³-hybridized carbons (Fsp3) is 0.650. The Labute approximate surface area is 165 Å². The number of rotatable bonds is 8. The number of hydrogen-bond acceptors (Lipinski definition) is 6. The van der Waals surface area contributed by atoms with Crippen LogP contribution >= 0.6 is 0 Å². The summed E-state index contributed by atoms with van der Waals surface area (Å²) in [7, 11) is 3.02. The highest BCUT2D eigenvalue weighted by Crippen LogP contribution is 2.25. The first-order valence-corrected chi connectivity index (χ1v) is 9.89. The van der Waals surface area contributed by atoms with E-state index in [9.17, 15) is 9.59 Å². The van der Waals surface area contributed by atoms with Crippen LogP contribution in [0.25, 0.3) is 0 Å². The van der Waals surface area contributed by atoms with E-state index in [2.05, 4.69) is 4.98 Å². The summed E-state index contributed by atoms with van der Waals surface area (Å²) in [5, 5.41) is 0. The van der Waals surface area contributed by atoms with E-state index in [0.717, 1.165) is 32.2 Å². The molecule has 0 aliphatic carbocycles. The highest BCUT2D eigenvalue weighted by molar-refractivity contribution is 5.96. The molecule has 8 nitrogen and oxygen atoms in total. The molecule has 2 saturated heterocycles. The number of carbonyl (C=O) groups is 2. The van der Waals surface area contributed by atoms with Crippen LogP contribution in [-0.4, -0.2) is 79.7 Å². The van der Waals surface area contributed by atoms with Gasteiger partial charge in [-0.25, -0.2) is 0 Å². The van der Waals surface area contributed by atoms with Gasteiger partial charge in [-0.1, -0.05) is 0 Å². The molecule has 0 atom stereocenters. The lowest BCUT2D eigenvalue weighted by molar-refractivity contribution is -0.127. The first-order chi connectivity index (χ1) is 13.6. The Morgan fingerprint density at radius 2 is 2.07 bits per heavy atom. The van der Waals surface area contributed by atoms with Crippen molar-refractivity contribution in [3.05, 3.63) is 17.7 Å². The summed E-state index contributed by atoms with van der Waals surface area (Å²) in [4.78, 5) is 33.2. The molecular weight excluding hydrogens is 362 g/mol. The van der Waals surface area contributed by atoms with Gasteiger partial charge in [-0.3, -0.25) is 9.59 Å². The molecule has 3 heterocycles. The van der Waals surface area contributed by atoms with Crippen molar-refractivity contribution in [2.24, 2.45) is 0 Å². The lowest BCUT2D eigenvalue weighted by Crippen LogP contribution is -2.45. The topological polar surface area (TPSA) is 81.2 Å². The standard InChI is InChI=1S/C20H29N3O5/c1-26-17-7-6-16(19(21-17)27-2)20(25)23(15-8-13-28-14-9-15)12-4-11-22-10-3-5-18(22)24/h6-7,15H,3-5,8-14H2,1-2H3. The van der Waals surface area contributed by atoms with E-state index in [1.165, 1.54) is 14.2 Å². The molecule has 0 N–H and O–H groups in total. The van der Waals surface area contributed by atoms with Gasteiger partial charge in [0.1, 0.15) is 5.56 Å². The molecule has 8 heteroatoms. The van der Waals surface area contributed by atoms with Crippen molar-refractivity contribution in [1.82, 2.24) is 14.8 Å². The lowest BCUT2D eigenvalue weighted by Gasteiger charge is -2.35. The number of hydrogen-bond donors (Lipinski definition) is 0. The van der Waals surface area contributed by atoms with E-state index in [0.29, 0.717) is 44.2 Å². The fourth-order valence-corrected chi connectivity index (χ4v) is 3.83. The maximum Gasteiger partial charge on any atom is 0.259 e. The molecule has 2 fully saturated rings. The Hall–Kier alpha value is -2.35. The average molecular weight is 391 g/mol. The van der Waals surface area contributed by atoms with Crippen molar-refractivity contribution in [2.75, 3.05) is 47.1 Å². The first kappa shape index (κ1) is 20.4. The molecule has 3 rings (SSSR count). The Kier molecular flexibility index (Phi) is 7.08. The molecule has 2 aliphatic heterocycles. The Balaban J connectivity index is 1.73. The largest absolute Gasteiger partial charge is 0.481 e. The number of nitrogens with zero attached hydrogens (tertiary/aromatic N) is 3. The van der Waals surface area contributed by atoms with Gasteiger partial charge in [0.25, 0.3) is 5.91 Å². The Morgan fingerprint density at radius 3 is 2.71 bits per heavy atom. The van der Waals surface area contributed by atoms with Crippen LogP contribution in [0.1, 0.15) is 42.5 Å². The van der Waals surface area contributed by atoms with Crippen LogP contribution in [-0.2, 0) is 9.53 Å². The van der Waals surface area contributed by atoms with Gasteiger partial charge in [0.2, 0.25) is 17.7 Å². The summed E-state index contributed by atoms with van der Waals surface area (Å²) in [5.74, 6) is 0.770. The molecule has 0 bridgehead atoms. The van der Waals surface area contributed by atoms with E-state index in [-0.39, 0.29) is 23.7 Å². The molecule has 0 spiro atoms. The van der Waals surface area contributed by atoms with Gasteiger partial charge in [-0.05, 0) is 31.7 Å². The third-order valence-electron chi connectivity index (χ3n) is 5.36. The van der Waals surface area contributed by atoms with Crippen LogP contribution in [0.5, 0.6) is 11.8 Å². The van der Waals surface area contributed by atoms with E-state index < -0.39 is 0 Å². The Bertz CT molecular complexity index is 690. The predicted molar refractivity (Wildman–Crippen MR) is 103 cm³/mol. The van der Waals surface area contributed by atoms with E-state index >= 15 is 0 Å². The minimum absolute atomic E-state index is 0.105. The molecule has 2 aliphatic rings. The quantitative estimate of drug-likeness (QED) is 0.671. The number of methoxy groups -OCH3 is 2. The van der Waals surface area contributed by atoms with Gasteiger partial charge < -0.3 is 24.0 Å². The summed E-state index contributed by atoms with van der Waals surface area (Å²) in [6, 6.07) is 3.48. The highest BCUT2D eigenvalue weighted by Gasteiger charge is 2.29. The first-order valence-electron chi connectivity index (χ1n) is 9.89. The second-order valence-corrected chi connectivity index (χ2v) is 7.09. The third-order valence-corrected chi connectivity index (χ3v) is 5.36. The van der Waals surface area contributed by atoms with Crippen molar-refractivity contribution in [3.63, 3.8) is 0 Å². The average Bonchev–Trinajstić information content (AvgIpc) is 3.15. The van der Waals surface area contributed by atoms with Crippen molar-refractivity contribution in [2.45, 2.75) is 38.1 Å². The number of aromatic nitrogens is 1. The van der Waals surface area contributed by atoms with Crippen LogP contribution in [0.15, 0.2) is 12.1 Å². The molecular formula is C20H29N3O5. The zero-order chi connectivity index (χ0) is 19.9. The van der Waals surface area contributed by atoms with Crippen molar-refractivity contribution < 1.29 is 23.8 Å². The summed E-state index contributed by atoms with van der Waals surface area (Å²) in [5.41, 5.74) is 0.423. The summed E-state index contributed by atoms with van der Waals surface area (Å²) in [6.07, 6.45) is 3.93. The molecule has 0 unspecified atom stereocenters. The monoisotopic (exact) mass is 391 g/mol. The molecule has 1 aromatic rings. The molecule has 0 saturated carbocycles. The van der Waals surface area contributed by atoms with Gasteiger partial charge >= 0.3 is 0 Å². The predicted octanol–water partition coefficient (Wildman–Crippen LogP) is 1.73. The van der Waals surface area contributed by atoms with Gasteiger partial charge in [-0.2, -0.15) is 4.98 Å². The number of pyridine rings is 1. The second kappa shape index (κ2) is 9.73. The molecule has 0 aromatic carbocycles. The van der Waals surface area contributed by atoms with Crippen LogP contribution in [0.3, 0.4) is 0 Å². The van der Waals surface area contributed by atoms with Gasteiger partial charge in [-0.15, -0.1) is 0 Å². The van der Waals surface area contributed by atoms with Crippen molar-refractivity contribution in [3.8, 4) is 11.8 Å². The van der Waals surface area contributed by atoms with Gasteiger partial charge in [0.05, 0.1) is 14.2 Å². The van der Waals surface area contributed by atoms with E-state index in [1.54, 1.807) is 12.1 Å². The minimum Gasteiger partial charge on any atom is -0.481 e. The summed E-state index contributed by atoms with van der Waals surface area (Å²) in [6.45, 7) is 3.39. The minimum atomic E-state index is -0.105. The summed E-state index contributed by atoms with van der Waals surface area (Å²) >= 11 is 0. The maximum absolute atomic E-state index is 13.4. The fourth-order valence-electron chi connectivity index (χ4n) is 3.83. The molecule has 0 radical (unpaired) electrons. The number of carbonyl (C=O) groups excluding carboxylic acids is 2.